The Hall–Kier alpha value is -2.47. The third-order valence-electron chi connectivity index (χ3n) is 6.01. The molecular weight excluding hydrogens is 392 g/mol. The molecule has 0 spiro atoms. The zero-order valence-corrected chi connectivity index (χ0v) is 18.9. The zero-order chi connectivity index (χ0) is 21.1. The van der Waals surface area contributed by atoms with Crippen molar-refractivity contribution in [3.05, 3.63) is 51.7 Å². The number of aryl methyl sites for hydroxylation is 3. The Bertz CT molecular complexity index is 1030. The maximum Gasteiger partial charge on any atom is 0.251 e. The van der Waals surface area contributed by atoms with Crippen LogP contribution in [0.3, 0.4) is 0 Å². The minimum atomic E-state index is 0.0407. The van der Waals surface area contributed by atoms with E-state index in [1.54, 1.807) is 11.3 Å². The molecule has 6 heteroatoms. The Morgan fingerprint density at radius 1 is 1.03 bits per heavy atom. The van der Waals surface area contributed by atoms with E-state index in [1.807, 2.05) is 31.2 Å². The molecule has 2 aromatic heterocycles. The quantitative estimate of drug-likeness (QED) is 0.519. The van der Waals surface area contributed by atoms with E-state index in [2.05, 4.69) is 34.4 Å². The molecule has 0 bridgehead atoms. The van der Waals surface area contributed by atoms with Crippen molar-refractivity contribution in [1.29, 1.82) is 0 Å². The molecule has 2 N–H and O–H groups in total. The molecule has 0 saturated heterocycles. The lowest BCUT2D eigenvalue weighted by atomic mass is 10.1. The number of nitrogens with zero attached hydrogens (tertiary/aromatic N) is 2. The van der Waals surface area contributed by atoms with Gasteiger partial charge in [-0.2, -0.15) is 0 Å². The summed E-state index contributed by atoms with van der Waals surface area (Å²) in [4.78, 5) is 24.1. The van der Waals surface area contributed by atoms with Gasteiger partial charge in [0.25, 0.3) is 5.91 Å². The maximum atomic E-state index is 12.6. The van der Waals surface area contributed by atoms with Crippen LogP contribution in [0.2, 0.25) is 0 Å². The van der Waals surface area contributed by atoms with Crippen LogP contribution in [-0.2, 0) is 6.54 Å². The van der Waals surface area contributed by atoms with E-state index >= 15 is 0 Å². The van der Waals surface area contributed by atoms with Crippen LogP contribution in [-0.4, -0.2) is 21.9 Å². The number of hydrogen-bond donors (Lipinski definition) is 2. The summed E-state index contributed by atoms with van der Waals surface area (Å²) in [6, 6.07) is 8.20. The smallest absolute Gasteiger partial charge is 0.251 e. The SMILES string of the molecule is Cc1nc(NCc2ccc(C(=O)NC3CCCCCC3)cc2)c2c(C)c(C)sc2n1. The molecule has 4 rings (SSSR count). The summed E-state index contributed by atoms with van der Waals surface area (Å²) in [6.45, 7) is 6.83. The third-order valence-corrected chi connectivity index (χ3v) is 7.11. The molecule has 0 atom stereocenters. The van der Waals surface area contributed by atoms with E-state index in [0.717, 1.165) is 45.8 Å². The maximum absolute atomic E-state index is 12.6. The van der Waals surface area contributed by atoms with Gasteiger partial charge in [-0.15, -0.1) is 11.3 Å². The van der Waals surface area contributed by atoms with Gasteiger partial charge in [0.15, 0.2) is 0 Å². The van der Waals surface area contributed by atoms with Gasteiger partial charge >= 0.3 is 0 Å². The molecule has 2 heterocycles. The van der Waals surface area contributed by atoms with Gasteiger partial charge in [-0.25, -0.2) is 9.97 Å². The van der Waals surface area contributed by atoms with Crippen molar-refractivity contribution in [2.75, 3.05) is 5.32 Å². The molecular formula is C24H30N4OS. The monoisotopic (exact) mass is 422 g/mol. The van der Waals surface area contributed by atoms with Crippen LogP contribution in [0.1, 0.15) is 70.7 Å². The zero-order valence-electron chi connectivity index (χ0n) is 18.0. The Morgan fingerprint density at radius 2 is 1.73 bits per heavy atom. The largest absolute Gasteiger partial charge is 0.365 e. The fourth-order valence-corrected chi connectivity index (χ4v) is 5.21. The van der Waals surface area contributed by atoms with Crippen LogP contribution in [0, 0.1) is 20.8 Å². The Balaban J connectivity index is 1.42. The number of amides is 1. The summed E-state index contributed by atoms with van der Waals surface area (Å²) >= 11 is 1.71. The Labute approximate surface area is 182 Å². The van der Waals surface area contributed by atoms with E-state index < -0.39 is 0 Å². The first-order valence-electron chi connectivity index (χ1n) is 10.9. The van der Waals surface area contributed by atoms with E-state index in [9.17, 15) is 4.79 Å². The highest BCUT2D eigenvalue weighted by Crippen LogP contribution is 2.33. The molecule has 1 aliphatic carbocycles. The van der Waals surface area contributed by atoms with Gasteiger partial charge in [-0.1, -0.05) is 37.8 Å². The molecule has 1 fully saturated rings. The summed E-state index contributed by atoms with van der Waals surface area (Å²) in [7, 11) is 0. The van der Waals surface area contributed by atoms with E-state index in [-0.39, 0.29) is 5.91 Å². The molecule has 30 heavy (non-hydrogen) atoms. The minimum absolute atomic E-state index is 0.0407. The number of benzene rings is 1. The highest BCUT2D eigenvalue weighted by Gasteiger charge is 2.16. The normalized spacial score (nSPS) is 15.2. The molecule has 0 unspecified atom stereocenters. The fourth-order valence-electron chi connectivity index (χ4n) is 4.14. The van der Waals surface area contributed by atoms with Crippen molar-refractivity contribution >= 4 is 33.3 Å². The van der Waals surface area contributed by atoms with Gasteiger partial charge in [-0.3, -0.25) is 4.79 Å². The summed E-state index contributed by atoms with van der Waals surface area (Å²) in [5, 5.41) is 7.81. The predicted octanol–water partition coefficient (Wildman–Crippen LogP) is 5.68. The molecule has 0 aliphatic heterocycles. The van der Waals surface area contributed by atoms with E-state index in [4.69, 9.17) is 0 Å². The third kappa shape index (κ3) is 4.64. The second kappa shape index (κ2) is 9.13. The highest BCUT2D eigenvalue weighted by molar-refractivity contribution is 7.18. The minimum Gasteiger partial charge on any atom is -0.365 e. The Morgan fingerprint density at radius 3 is 2.43 bits per heavy atom. The number of thiophene rings is 1. The highest BCUT2D eigenvalue weighted by atomic mass is 32.1. The van der Waals surface area contributed by atoms with Crippen LogP contribution < -0.4 is 10.6 Å². The average Bonchev–Trinajstić information content (AvgIpc) is 2.89. The first-order valence-corrected chi connectivity index (χ1v) is 11.7. The van der Waals surface area contributed by atoms with Crippen LogP contribution in [0.15, 0.2) is 24.3 Å². The number of hydrogen-bond acceptors (Lipinski definition) is 5. The molecule has 5 nitrogen and oxygen atoms in total. The molecule has 1 amide bonds. The molecule has 3 aromatic rings. The second-order valence-corrected chi connectivity index (χ2v) is 9.50. The number of aromatic nitrogens is 2. The van der Waals surface area contributed by atoms with Gasteiger partial charge in [-0.05, 0) is 56.9 Å². The summed E-state index contributed by atoms with van der Waals surface area (Å²) in [5.74, 6) is 1.70. The van der Waals surface area contributed by atoms with Gasteiger partial charge in [0.1, 0.15) is 16.5 Å². The molecule has 158 valence electrons. The topological polar surface area (TPSA) is 66.9 Å². The molecule has 1 aromatic carbocycles. The van der Waals surface area contributed by atoms with Gasteiger partial charge < -0.3 is 10.6 Å². The number of carbonyl (C=O) groups is 1. The molecule has 1 saturated carbocycles. The molecule has 1 aliphatic rings. The van der Waals surface area contributed by atoms with Crippen molar-refractivity contribution in [3.63, 3.8) is 0 Å². The van der Waals surface area contributed by atoms with Crippen LogP contribution in [0.5, 0.6) is 0 Å². The summed E-state index contributed by atoms with van der Waals surface area (Å²) < 4.78 is 0. The lowest BCUT2D eigenvalue weighted by molar-refractivity contribution is 0.0933. The van der Waals surface area contributed by atoms with Crippen molar-refractivity contribution in [1.82, 2.24) is 15.3 Å². The Kier molecular flexibility index (Phi) is 6.32. The van der Waals surface area contributed by atoms with Crippen molar-refractivity contribution in [2.24, 2.45) is 0 Å². The second-order valence-electron chi connectivity index (χ2n) is 8.30. The van der Waals surface area contributed by atoms with Crippen molar-refractivity contribution in [2.45, 2.75) is 71.9 Å². The lowest BCUT2D eigenvalue weighted by Crippen LogP contribution is -2.34. The first kappa shape index (κ1) is 20.8. The van der Waals surface area contributed by atoms with Crippen molar-refractivity contribution in [3.8, 4) is 0 Å². The first-order chi connectivity index (χ1) is 14.5. The number of rotatable bonds is 5. The standard InChI is InChI=1S/C24H30N4OS/c1-15-16(2)30-24-21(15)22(26-17(3)27-24)25-14-18-10-12-19(13-11-18)23(29)28-20-8-6-4-5-7-9-20/h10-13,20H,4-9,14H2,1-3H3,(H,28,29)(H,25,26,27). The fraction of sp³-hybridized carbons (Fsp3) is 0.458. The van der Waals surface area contributed by atoms with Gasteiger partial charge in [0.2, 0.25) is 0 Å². The van der Waals surface area contributed by atoms with Gasteiger partial charge in [0.05, 0.1) is 5.39 Å². The van der Waals surface area contributed by atoms with Crippen LogP contribution in [0.25, 0.3) is 10.2 Å². The summed E-state index contributed by atoms with van der Waals surface area (Å²) in [5.41, 5.74) is 3.09. The predicted molar refractivity (Wildman–Crippen MR) is 124 cm³/mol. The van der Waals surface area contributed by atoms with Crippen LogP contribution >= 0.6 is 11.3 Å². The van der Waals surface area contributed by atoms with Gasteiger partial charge in [0, 0.05) is 23.0 Å². The average molecular weight is 423 g/mol. The molecule has 0 radical (unpaired) electrons. The van der Waals surface area contributed by atoms with E-state index in [0.29, 0.717) is 12.6 Å². The van der Waals surface area contributed by atoms with Crippen molar-refractivity contribution < 1.29 is 4.79 Å². The van der Waals surface area contributed by atoms with E-state index in [1.165, 1.54) is 36.1 Å². The number of anilines is 1. The number of fused-ring (bicyclic) bond motifs is 1. The summed E-state index contributed by atoms with van der Waals surface area (Å²) in [6.07, 6.45) is 7.21. The lowest BCUT2D eigenvalue weighted by Gasteiger charge is -2.16. The van der Waals surface area contributed by atoms with Crippen LogP contribution in [0.4, 0.5) is 5.82 Å². The number of nitrogens with one attached hydrogen (secondary N) is 2. The number of carbonyl (C=O) groups excluding carboxylic acids is 1.